The van der Waals surface area contributed by atoms with E-state index in [0.29, 0.717) is 5.56 Å². The topological polar surface area (TPSA) is 26.3 Å². The maximum Gasteiger partial charge on any atom is 0.185 e. The summed E-state index contributed by atoms with van der Waals surface area (Å²) in [4.78, 5) is 13.9. The number of benzene rings is 3. The van der Waals surface area contributed by atoms with Crippen molar-refractivity contribution in [3.8, 4) is 5.75 Å². The summed E-state index contributed by atoms with van der Waals surface area (Å²) < 4.78 is 6.43. The van der Waals surface area contributed by atoms with E-state index in [2.05, 4.69) is 43.3 Å². The highest BCUT2D eigenvalue weighted by molar-refractivity contribution is 7.11. The van der Waals surface area contributed by atoms with Crippen LogP contribution >= 0.6 is 11.3 Å². The Labute approximate surface area is 192 Å². The standard InChI is InChI=1S/C29H22O2S/c1-20-13-15-22(16-14-20)28-23-10-5-6-11-26(23)31-29(27-12-7-19-32-27)24(28)17-18-25(30)21-8-3-2-4-9-21/h2-19,28H,1H3/b18-17-/t28-/m1/s1. The van der Waals surface area contributed by atoms with Gasteiger partial charge in [-0.1, -0.05) is 90.5 Å². The largest absolute Gasteiger partial charge is 0.455 e. The lowest BCUT2D eigenvalue weighted by Crippen LogP contribution is -2.15. The minimum absolute atomic E-state index is 0.0230. The SMILES string of the molecule is Cc1ccc([C@H]2C(/C=C\C(=O)c3ccccc3)=C(c3cccs3)Oc3ccccc32)cc1. The molecule has 1 aliphatic rings. The van der Waals surface area contributed by atoms with Crippen molar-refractivity contribution in [3.63, 3.8) is 0 Å². The van der Waals surface area contributed by atoms with E-state index in [1.54, 1.807) is 17.4 Å². The van der Waals surface area contributed by atoms with Crippen LogP contribution in [-0.4, -0.2) is 5.78 Å². The van der Waals surface area contributed by atoms with Crippen molar-refractivity contribution in [1.29, 1.82) is 0 Å². The molecule has 0 fully saturated rings. The summed E-state index contributed by atoms with van der Waals surface area (Å²) in [6, 6.07) is 30.2. The number of aryl methyl sites for hydroxylation is 1. The Hall–Kier alpha value is -3.69. The number of hydrogen-bond donors (Lipinski definition) is 0. The Morgan fingerprint density at radius 3 is 2.38 bits per heavy atom. The molecule has 156 valence electrons. The molecule has 2 heterocycles. The van der Waals surface area contributed by atoms with Crippen LogP contribution in [-0.2, 0) is 0 Å². The van der Waals surface area contributed by atoms with Crippen molar-refractivity contribution >= 4 is 22.9 Å². The van der Waals surface area contributed by atoms with E-state index in [9.17, 15) is 4.79 Å². The Kier molecular flexibility index (Phi) is 5.57. The van der Waals surface area contributed by atoms with Crippen LogP contribution in [0.5, 0.6) is 5.75 Å². The van der Waals surface area contributed by atoms with Gasteiger partial charge >= 0.3 is 0 Å². The van der Waals surface area contributed by atoms with E-state index in [1.807, 2.05) is 66.1 Å². The minimum atomic E-state index is -0.0301. The van der Waals surface area contributed by atoms with Crippen molar-refractivity contribution in [2.45, 2.75) is 12.8 Å². The van der Waals surface area contributed by atoms with Gasteiger partial charge in [-0.15, -0.1) is 11.3 Å². The molecule has 0 amide bonds. The minimum Gasteiger partial charge on any atom is -0.455 e. The van der Waals surface area contributed by atoms with Gasteiger partial charge in [0.15, 0.2) is 5.78 Å². The molecule has 32 heavy (non-hydrogen) atoms. The van der Waals surface area contributed by atoms with Gasteiger partial charge in [-0.3, -0.25) is 4.79 Å². The van der Waals surface area contributed by atoms with E-state index in [1.165, 1.54) is 11.1 Å². The van der Waals surface area contributed by atoms with Crippen molar-refractivity contribution in [2.75, 3.05) is 0 Å². The van der Waals surface area contributed by atoms with Crippen molar-refractivity contribution < 1.29 is 9.53 Å². The second kappa shape index (κ2) is 8.81. The summed E-state index contributed by atoms with van der Waals surface area (Å²) >= 11 is 1.64. The number of rotatable bonds is 5. The Morgan fingerprint density at radius 2 is 1.62 bits per heavy atom. The molecule has 0 saturated heterocycles. The molecule has 1 aromatic heterocycles. The van der Waals surface area contributed by atoms with E-state index < -0.39 is 0 Å². The van der Waals surface area contributed by atoms with Crippen LogP contribution in [0.15, 0.2) is 114 Å². The summed E-state index contributed by atoms with van der Waals surface area (Å²) in [6.07, 6.45) is 3.60. The first-order valence-corrected chi connectivity index (χ1v) is 11.5. The Morgan fingerprint density at radius 1 is 0.875 bits per heavy atom. The summed E-state index contributed by atoms with van der Waals surface area (Å²) in [7, 11) is 0. The number of ketones is 1. The van der Waals surface area contributed by atoms with Crippen LogP contribution in [0, 0.1) is 6.92 Å². The summed E-state index contributed by atoms with van der Waals surface area (Å²) in [5.41, 5.74) is 5.15. The molecular formula is C29H22O2S. The van der Waals surface area contributed by atoms with Gasteiger partial charge in [0.25, 0.3) is 0 Å². The highest BCUT2D eigenvalue weighted by Crippen LogP contribution is 2.46. The van der Waals surface area contributed by atoms with Gasteiger partial charge in [-0.25, -0.2) is 0 Å². The zero-order valence-corrected chi connectivity index (χ0v) is 18.5. The molecular weight excluding hydrogens is 412 g/mol. The van der Waals surface area contributed by atoms with Crippen LogP contribution in [0.25, 0.3) is 5.76 Å². The maximum atomic E-state index is 12.9. The Bertz CT molecular complexity index is 1300. The lowest BCUT2D eigenvalue weighted by atomic mass is 9.81. The molecule has 2 nitrogen and oxygen atoms in total. The van der Waals surface area contributed by atoms with E-state index in [-0.39, 0.29) is 11.7 Å². The van der Waals surface area contributed by atoms with Crippen LogP contribution in [0.3, 0.4) is 0 Å². The van der Waals surface area contributed by atoms with Crippen LogP contribution < -0.4 is 4.74 Å². The van der Waals surface area contributed by atoms with E-state index in [0.717, 1.165) is 27.5 Å². The summed E-state index contributed by atoms with van der Waals surface area (Å²) in [6.45, 7) is 2.09. The molecule has 0 bridgehead atoms. The van der Waals surface area contributed by atoms with Gasteiger partial charge in [0.1, 0.15) is 11.5 Å². The van der Waals surface area contributed by atoms with Gasteiger partial charge in [0, 0.05) is 22.6 Å². The van der Waals surface area contributed by atoms with Gasteiger partial charge in [-0.05, 0) is 36.1 Å². The summed E-state index contributed by atoms with van der Waals surface area (Å²) in [5, 5.41) is 2.05. The molecule has 5 rings (SSSR count). The molecule has 0 spiro atoms. The van der Waals surface area contributed by atoms with E-state index in [4.69, 9.17) is 4.74 Å². The predicted molar refractivity (Wildman–Crippen MR) is 131 cm³/mol. The number of thiophene rings is 1. The zero-order chi connectivity index (χ0) is 21.9. The molecule has 1 atom stereocenters. The van der Waals surface area contributed by atoms with Gasteiger partial charge in [-0.2, -0.15) is 0 Å². The van der Waals surface area contributed by atoms with E-state index >= 15 is 0 Å². The van der Waals surface area contributed by atoms with Crippen molar-refractivity contribution in [2.24, 2.45) is 0 Å². The molecule has 3 heteroatoms. The monoisotopic (exact) mass is 434 g/mol. The molecule has 0 saturated carbocycles. The van der Waals surface area contributed by atoms with Gasteiger partial charge < -0.3 is 4.74 Å². The lowest BCUT2D eigenvalue weighted by Gasteiger charge is -2.29. The first-order chi connectivity index (χ1) is 15.7. The third kappa shape index (κ3) is 3.95. The third-order valence-electron chi connectivity index (χ3n) is 5.64. The van der Waals surface area contributed by atoms with Crippen LogP contribution in [0.2, 0.25) is 0 Å². The number of fused-ring (bicyclic) bond motifs is 1. The van der Waals surface area contributed by atoms with Crippen LogP contribution in [0.4, 0.5) is 0 Å². The number of ether oxygens (including phenoxy) is 1. The highest BCUT2D eigenvalue weighted by atomic mass is 32.1. The molecule has 3 aromatic carbocycles. The third-order valence-corrected chi connectivity index (χ3v) is 6.51. The maximum absolute atomic E-state index is 12.9. The predicted octanol–water partition coefficient (Wildman–Crippen LogP) is 7.43. The second-order valence-corrected chi connectivity index (χ2v) is 8.76. The number of hydrogen-bond acceptors (Lipinski definition) is 3. The normalized spacial score (nSPS) is 15.5. The average molecular weight is 435 g/mol. The van der Waals surface area contributed by atoms with Crippen LogP contribution in [0.1, 0.15) is 37.8 Å². The number of carbonyl (C=O) groups is 1. The Balaban J connectivity index is 1.67. The number of carbonyl (C=O) groups excluding carboxylic acids is 1. The number of allylic oxidation sites excluding steroid dienone is 3. The fraction of sp³-hybridized carbons (Fsp3) is 0.0690. The van der Waals surface area contributed by atoms with Crippen molar-refractivity contribution in [1.82, 2.24) is 0 Å². The average Bonchev–Trinajstić information content (AvgIpc) is 3.38. The van der Waals surface area contributed by atoms with Gasteiger partial charge in [0.05, 0.1) is 4.88 Å². The first kappa shape index (κ1) is 20.2. The number of para-hydroxylation sites is 1. The highest BCUT2D eigenvalue weighted by Gasteiger charge is 2.30. The fourth-order valence-electron chi connectivity index (χ4n) is 4.03. The molecule has 0 unspecified atom stereocenters. The molecule has 4 aromatic rings. The van der Waals surface area contributed by atoms with Gasteiger partial charge in [0.2, 0.25) is 0 Å². The quantitative estimate of drug-likeness (QED) is 0.241. The fourth-order valence-corrected chi connectivity index (χ4v) is 4.76. The molecule has 1 aliphatic heterocycles. The zero-order valence-electron chi connectivity index (χ0n) is 17.7. The molecule has 0 aliphatic carbocycles. The molecule has 0 radical (unpaired) electrons. The smallest absolute Gasteiger partial charge is 0.185 e. The second-order valence-electron chi connectivity index (χ2n) is 7.81. The molecule has 0 N–H and O–H groups in total. The first-order valence-electron chi connectivity index (χ1n) is 10.6. The van der Waals surface area contributed by atoms with Crippen molar-refractivity contribution in [3.05, 3.63) is 141 Å². The lowest BCUT2D eigenvalue weighted by molar-refractivity contribution is 0.104. The summed E-state index contributed by atoms with van der Waals surface area (Å²) in [5.74, 6) is 1.61.